The fraction of sp³-hybridized carbons (Fsp3) is 0.280. The number of carbonyl (C=O) groups is 1. The third-order valence-corrected chi connectivity index (χ3v) is 4.78. The van der Waals surface area contributed by atoms with Crippen LogP contribution < -0.4 is 9.64 Å². The highest BCUT2D eigenvalue weighted by atomic mass is 16.5. The van der Waals surface area contributed by atoms with Crippen molar-refractivity contribution in [3.63, 3.8) is 0 Å². The van der Waals surface area contributed by atoms with Gasteiger partial charge in [0.15, 0.2) is 0 Å². The summed E-state index contributed by atoms with van der Waals surface area (Å²) in [6, 6.07) is 19.6. The Morgan fingerprint density at radius 3 is 2.34 bits per heavy atom. The number of ether oxygens (including phenoxy) is 1. The minimum Gasteiger partial charge on any atom is -0.493 e. The number of aromatic nitrogens is 1. The van der Waals surface area contributed by atoms with Crippen LogP contribution in [0.15, 0.2) is 73.1 Å². The lowest BCUT2D eigenvalue weighted by Crippen LogP contribution is -2.31. The molecule has 0 fully saturated rings. The predicted molar refractivity (Wildman–Crippen MR) is 118 cm³/mol. The molecule has 0 bridgehead atoms. The first-order valence-electron chi connectivity index (χ1n) is 9.93. The number of nitrogens with zero attached hydrogens (tertiary/aromatic N) is 2. The van der Waals surface area contributed by atoms with Gasteiger partial charge in [0.05, 0.1) is 30.6 Å². The molecule has 1 amide bonds. The molecular weight excluding hydrogens is 360 g/mol. The van der Waals surface area contributed by atoms with Gasteiger partial charge >= 0.3 is 0 Å². The van der Waals surface area contributed by atoms with E-state index in [9.17, 15) is 4.79 Å². The van der Waals surface area contributed by atoms with Crippen molar-refractivity contribution in [1.29, 1.82) is 0 Å². The van der Waals surface area contributed by atoms with Gasteiger partial charge in [0.1, 0.15) is 5.75 Å². The fourth-order valence-electron chi connectivity index (χ4n) is 3.16. The summed E-state index contributed by atoms with van der Waals surface area (Å²) in [6.07, 6.45) is 3.42. The zero-order valence-corrected chi connectivity index (χ0v) is 17.6. The van der Waals surface area contributed by atoms with Gasteiger partial charge in [0.2, 0.25) is 0 Å². The molecule has 4 nitrogen and oxygen atoms in total. The maximum Gasteiger partial charge on any atom is 0.262 e. The second-order valence-corrected chi connectivity index (χ2v) is 7.98. The molecule has 0 N–H and O–H groups in total. The Morgan fingerprint density at radius 2 is 1.72 bits per heavy atom. The number of hydrogen-bond donors (Lipinski definition) is 0. The molecule has 0 aliphatic carbocycles. The zero-order valence-electron chi connectivity index (χ0n) is 17.6. The Morgan fingerprint density at radius 1 is 1.00 bits per heavy atom. The highest BCUT2D eigenvalue weighted by Crippen LogP contribution is 2.26. The molecule has 29 heavy (non-hydrogen) atoms. The lowest BCUT2D eigenvalue weighted by Gasteiger charge is -2.24. The van der Waals surface area contributed by atoms with Crippen molar-refractivity contribution in [2.45, 2.75) is 39.7 Å². The van der Waals surface area contributed by atoms with E-state index in [4.69, 9.17) is 4.74 Å². The Hall–Kier alpha value is -3.14. The van der Waals surface area contributed by atoms with Gasteiger partial charge in [0, 0.05) is 6.20 Å². The van der Waals surface area contributed by atoms with E-state index in [1.54, 1.807) is 23.4 Å². The summed E-state index contributed by atoms with van der Waals surface area (Å²) in [6.45, 7) is 9.45. The van der Waals surface area contributed by atoms with E-state index < -0.39 is 0 Å². The van der Waals surface area contributed by atoms with Crippen LogP contribution >= 0.6 is 0 Å². The molecule has 2 aromatic carbocycles. The summed E-state index contributed by atoms with van der Waals surface area (Å²) >= 11 is 0. The van der Waals surface area contributed by atoms with Crippen molar-refractivity contribution >= 4 is 11.6 Å². The van der Waals surface area contributed by atoms with Crippen molar-refractivity contribution in [3.05, 3.63) is 89.7 Å². The minimum absolute atomic E-state index is 0.0911. The van der Waals surface area contributed by atoms with Crippen LogP contribution in [0, 0.1) is 0 Å². The molecule has 3 aromatic rings. The molecule has 0 saturated heterocycles. The molecule has 0 spiro atoms. The molecule has 4 heteroatoms. The van der Waals surface area contributed by atoms with Gasteiger partial charge in [-0.05, 0) is 47.7 Å². The average Bonchev–Trinajstić information content (AvgIpc) is 2.72. The van der Waals surface area contributed by atoms with Crippen LogP contribution in [0.4, 0.5) is 5.69 Å². The molecule has 0 aliphatic rings. The van der Waals surface area contributed by atoms with Crippen molar-refractivity contribution in [3.8, 4) is 5.75 Å². The van der Waals surface area contributed by atoms with Crippen molar-refractivity contribution < 1.29 is 9.53 Å². The van der Waals surface area contributed by atoms with Gasteiger partial charge in [-0.15, -0.1) is 0 Å². The van der Waals surface area contributed by atoms with E-state index >= 15 is 0 Å². The van der Waals surface area contributed by atoms with Crippen molar-refractivity contribution in [2.24, 2.45) is 0 Å². The molecule has 3 rings (SSSR count). The van der Waals surface area contributed by atoms with E-state index in [1.165, 1.54) is 5.56 Å². The molecule has 0 aliphatic heterocycles. The fourth-order valence-corrected chi connectivity index (χ4v) is 3.16. The second kappa shape index (κ2) is 8.91. The first-order chi connectivity index (χ1) is 13.9. The lowest BCUT2D eigenvalue weighted by atomic mass is 9.87. The predicted octanol–water partition coefficient (Wildman–Crippen LogP) is 5.62. The van der Waals surface area contributed by atoms with Crippen molar-refractivity contribution in [1.82, 2.24) is 4.98 Å². The minimum atomic E-state index is -0.109. The van der Waals surface area contributed by atoms with Crippen LogP contribution in [0.2, 0.25) is 0 Å². The standard InChI is InChI=1S/C25H28N2O2/c1-5-29-23-11-7-6-10-22(23)24(28)27(21-9-8-16-26-17-21)18-19-12-14-20(15-13-19)25(2,3)4/h6-17H,5,18H2,1-4H3. The maximum atomic E-state index is 13.5. The van der Waals surface area contributed by atoms with Crippen LogP contribution in [0.1, 0.15) is 49.2 Å². The van der Waals surface area contributed by atoms with Crippen LogP contribution in [0.25, 0.3) is 0 Å². The molecule has 150 valence electrons. The number of anilines is 1. The normalized spacial score (nSPS) is 11.2. The molecule has 1 aromatic heterocycles. The lowest BCUT2D eigenvalue weighted by molar-refractivity contribution is 0.0981. The van der Waals surface area contributed by atoms with Crippen LogP contribution in [-0.4, -0.2) is 17.5 Å². The number of benzene rings is 2. The summed E-state index contributed by atoms with van der Waals surface area (Å²) in [5, 5.41) is 0. The van der Waals surface area contributed by atoms with Gasteiger partial charge < -0.3 is 9.64 Å². The van der Waals surface area contributed by atoms with Crippen LogP contribution in [0.3, 0.4) is 0 Å². The summed E-state index contributed by atoms with van der Waals surface area (Å²) < 4.78 is 5.68. The molecular formula is C25H28N2O2. The maximum absolute atomic E-state index is 13.5. The van der Waals surface area contributed by atoms with Gasteiger partial charge in [-0.1, -0.05) is 57.2 Å². The third kappa shape index (κ3) is 5.02. The average molecular weight is 389 g/mol. The largest absolute Gasteiger partial charge is 0.493 e. The smallest absolute Gasteiger partial charge is 0.262 e. The van der Waals surface area contributed by atoms with Crippen LogP contribution in [-0.2, 0) is 12.0 Å². The van der Waals surface area contributed by atoms with Crippen molar-refractivity contribution in [2.75, 3.05) is 11.5 Å². The molecule has 0 unspecified atom stereocenters. The number of para-hydroxylation sites is 1. The second-order valence-electron chi connectivity index (χ2n) is 7.98. The molecule has 0 atom stereocenters. The highest BCUT2D eigenvalue weighted by molar-refractivity contribution is 6.07. The number of carbonyl (C=O) groups excluding carboxylic acids is 1. The van der Waals surface area contributed by atoms with Gasteiger partial charge in [0.25, 0.3) is 5.91 Å². The SMILES string of the molecule is CCOc1ccccc1C(=O)N(Cc1ccc(C(C)(C)C)cc1)c1cccnc1. The summed E-state index contributed by atoms with van der Waals surface area (Å²) in [5.74, 6) is 0.485. The molecule has 1 heterocycles. The summed E-state index contributed by atoms with van der Waals surface area (Å²) in [5.41, 5.74) is 3.72. The number of rotatable bonds is 6. The first kappa shape index (κ1) is 20.6. The van der Waals surface area contributed by atoms with Gasteiger partial charge in [-0.2, -0.15) is 0 Å². The van der Waals surface area contributed by atoms with E-state index in [0.717, 1.165) is 11.3 Å². The Labute approximate surface area is 173 Å². The quantitative estimate of drug-likeness (QED) is 0.550. The Balaban J connectivity index is 1.95. The number of pyridine rings is 1. The summed E-state index contributed by atoms with van der Waals surface area (Å²) in [4.78, 5) is 19.4. The number of hydrogen-bond acceptors (Lipinski definition) is 3. The van der Waals surface area contributed by atoms with Crippen LogP contribution in [0.5, 0.6) is 5.75 Å². The molecule has 0 saturated carbocycles. The third-order valence-electron chi connectivity index (χ3n) is 4.78. The number of amides is 1. The van der Waals surface area contributed by atoms with E-state index in [2.05, 4.69) is 50.0 Å². The monoisotopic (exact) mass is 388 g/mol. The molecule has 0 radical (unpaired) electrons. The topological polar surface area (TPSA) is 42.4 Å². The van der Waals surface area contributed by atoms with E-state index in [1.807, 2.05) is 37.3 Å². The Kier molecular flexibility index (Phi) is 6.32. The van der Waals surface area contributed by atoms with E-state index in [0.29, 0.717) is 24.5 Å². The highest BCUT2D eigenvalue weighted by Gasteiger charge is 2.22. The Bertz CT molecular complexity index is 945. The van der Waals surface area contributed by atoms with Gasteiger partial charge in [-0.25, -0.2) is 0 Å². The zero-order chi connectivity index (χ0) is 20.9. The van der Waals surface area contributed by atoms with Gasteiger partial charge in [-0.3, -0.25) is 9.78 Å². The first-order valence-corrected chi connectivity index (χ1v) is 9.93. The summed E-state index contributed by atoms with van der Waals surface area (Å²) in [7, 11) is 0. The van der Waals surface area contributed by atoms with E-state index in [-0.39, 0.29) is 11.3 Å².